The maximum atomic E-state index is 11.6. The van der Waals surface area contributed by atoms with Gasteiger partial charge in [-0.25, -0.2) is 0 Å². The molecule has 0 bridgehead atoms. The van der Waals surface area contributed by atoms with Crippen LogP contribution in [-0.2, 0) is 4.79 Å². The molecule has 0 aliphatic carbocycles. The number of carbonyl (C=O) groups is 1. The molecule has 0 fully saturated rings. The van der Waals surface area contributed by atoms with Crippen molar-refractivity contribution >= 4 is 28.9 Å². The Kier molecular flexibility index (Phi) is 7.82. The van der Waals surface area contributed by atoms with Crippen LogP contribution >= 0.6 is 12.2 Å². The Labute approximate surface area is 120 Å². The Hall–Kier alpha value is -1.42. The second kappa shape index (κ2) is 9.50. The fourth-order valence-corrected chi connectivity index (χ4v) is 1.99. The van der Waals surface area contributed by atoms with E-state index in [0.29, 0.717) is 11.5 Å². The van der Waals surface area contributed by atoms with Crippen molar-refractivity contribution in [1.29, 1.82) is 0 Å². The standard InChI is InChI=1S/C15H22N2OS/c1-2-3-4-5-9-12-14(18)17-15(19)16-13-10-7-6-8-11-13/h6-8,10-11H,2-5,9,12H2,1H3,(H2,16,17,18,19). The molecular formula is C15H22N2OS. The van der Waals surface area contributed by atoms with Crippen molar-refractivity contribution in [2.24, 2.45) is 0 Å². The molecule has 0 aromatic heterocycles. The lowest BCUT2D eigenvalue weighted by Gasteiger charge is -2.09. The van der Waals surface area contributed by atoms with Crippen molar-refractivity contribution in [3.05, 3.63) is 30.3 Å². The summed E-state index contributed by atoms with van der Waals surface area (Å²) in [4.78, 5) is 11.6. The summed E-state index contributed by atoms with van der Waals surface area (Å²) in [5, 5.41) is 6.05. The molecule has 0 saturated carbocycles. The van der Waals surface area contributed by atoms with Crippen molar-refractivity contribution in [3.8, 4) is 0 Å². The summed E-state index contributed by atoms with van der Waals surface area (Å²) < 4.78 is 0. The van der Waals surface area contributed by atoms with Crippen molar-refractivity contribution < 1.29 is 4.79 Å². The van der Waals surface area contributed by atoms with Crippen LogP contribution in [0.4, 0.5) is 5.69 Å². The molecule has 0 aliphatic rings. The van der Waals surface area contributed by atoms with Gasteiger partial charge in [0, 0.05) is 12.1 Å². The lowest BCUT2D eigenvalue weighted by atomic mass is 10.1. The highest BCUT2D eigenvalue weighted by molar-refractivity contribution is 7.80. The number of amides is 1. The Morgan fingerprint density at radius 3 is 2.47 bits per heavy atom. The Morgan fingerprint density at radius 2 is 1.79 bits per heavy atom. The number of rotatable bonds is 7. The Bertz CT molecular complexity index is 392. The van der Waals surface area contributed by atoms with E-state index < -0.39 is 0 Å². The summed E-state index contributed by atoms with van der Waals surface area (Å²) in [6.07, 6.45) is 6.25. The first kappa shape index (κ1) is 15.6. The predicted octanol–water partition coefficient (Wildman–Crippen LogP) is 3.86. The fraction of sp³-hybridized carbons (Fsp3) is 0.467. The van der Waals surface area contributed by atoms with Crippen LogP contribution in [0.1, 0.15) is 45.4 Å². The molecule has 0 spiro atoms. The van der Waals surface area contributed by atoms with Crippen LogP contribution in [0.15, 0.2) is 30.3 Å². The van der Waals surface area contributed by atoms with Gasteiger partial charge in [-0.3, -0.25) is 4.79 Å². The number of benzene rings is 1. The number of hydrogen-bond donors (Lipinski definition) is 2. The molecule has 0 unspecified atom stereocenters. The maximum Gasteiger partial charge on any atom is 0.226 e. The molecule has 19 heavy (non-hydrogen) atoms. The molecule has 3 nitrogen and oxygen atoms in total. The molecule has 2 N–H and O–H groups in total. The molecule has 0 aliphatic heterocycles. The monoisotopic (exact) mass is 278 g/mol. The number of carbonyl (C=O) groups excluding carboxylic acids is 1. The first-order valence-electron chi connectivity index (χ1n) is 6.88. The van der Waals surface area contributed by atoms with Crippen LogP contribution in [0.2, 0.25) is 0 Å². The summed E-state index contributed by atoms with van der Waals surface area (Å²) in [6, 6.07) is 9.58. The van der Waals surface area contributed by atoms with Crippen LogP contribution in [0, 0.1) is 0 Å². The molecule has 1 aromatic carbocycles. The van der Waals surface area contributed by atoms with Gasteiger partial charge in [-0.2, -0.15) is 0 Å². The first-order chi connectivity index (χ1) is 9.22. The minimum Gasteiger partial charge on any atom is -0.332 e. The highest BCUT2D eigenvalue weighted by atomic mass is 32.1. The zero-order valence-electron chi connectivity index (χ0n) is 11.4. The number of anilines is 1. The van der Waals surface area contributed by atoms with Crippen LogP contribution in [-0.4, -0.2) is 11.0 Å². The SMILES string of the molecule is CCCCCCCC(=O)NC(=S)Nc1ccccc1. The number of para-hydroxylation sites is 1. The smallest absolute Gasteiger partial charge is 0.226 e. The van der Waals surface area contributed by atoms with Gasteiger partial charge in [-0.1, -0.05) is 50.8 Å². The largest absolute Gasteiger partial charge is 0.332 e. The maximum absolute atomic E-state index is 11.6. The number of unbranched alkanes of at least 4 members (excludes halogenated alkanes) is 4. The normalized spacial score (nSPS) is 9.95. The minimum absolute atomic E-state index is 0.00932. The molecule has 1 rings (SSSR count). The fourth-order valence-electron chi connectivity index (χ4n) is 1.76. The minimum atomic E-state index is -0.00932. The van der Waals surface area contributed by atoms with Gasteiger partial charge in [0.2, 0.25) is 5.91 Å². The predicted molar refractivity (Wildman–Crippen MR) is 84.2 cm³/mol. The summed E-state index contributed by atoms with van der Waals surface area (Å²) in [5.74, 6) is -0.00932. The summed E-state index contributed by atoms with van der Waals surface area (Å²) in [7, 11) is 0. The van der Waals surface area contributed by atoms with E-state index in [1.165, 1.54) is 19.3 Å². The van der Waals surface area contributed by atoms with Gasteiger partial charge in [-0.15, -0.1) is 0 Å². The van der Waals surface area contributed by atoms with Gasteiger partial charge in [0.05, 0.1) is 0 Å². The second-order valence-electron chi connectivity index (χ2n) is 4.53. The van der Waals surface area contributed by atoms with E-state index in [4.69, 9.17) is 12.2 Å². The van der Waals surface area contributed by atoms with Crippen LogP contribution in [0.25, 0.3) is 0 Å². The van der Waals surface area contributed by atoms with Crippen molar-refractivity contribution in [1.82, 2.24) is 5.32 Å². The highest BCUT2D eigenvalue weighted by Crippen LogP contribution is 2.06. The van der Waals surface area contributed by atoms with E-state index in [-0.39, 0.29) is 5.91 Å². The van der Waals surface area contributed by atoms with Gasteiger partial charge in [0.25, 0.3) is 0 Å². The van der Waals surface area contributed by atoms with Crippen molar-refractivity contribution in [3.63, 3.8) is 0 Å². The van der Waals surface area contributed by atoms with Gasteiger partial charge in [0.1, 0.15) is 0 Å². The highest BCUT2D eigenvalue weighted by Gasteiger charge is 2.04. The Morgan fingerprint density at radius 1 is 1.11 bits per heavy atom. The molecule has 1 aromatic rings. The van der Waals surface area contributed by atoms with Gasteiger partial charge < -0.3 is 10.6 Å². The molecule has 0 atom stereocenters. The van der Waals surface area contributed by atoms with E-state index in [1.54, 1.807) is 0 Å². The van der Waals surface area contributed by atoms with Crippen molar-refractivity contribution in [2.45, 2.75) is 45.4 Å². The average molecular weight is 278 g/mol. The van der Waals surface area contributed by atoms with E-state index in [0.717, 1.165) is 18.5 Å². The average Bonchev–Trinajstić information content (AvgIpc) is 2.39. The van der Waals surface area contributed by atoms with E-state index >= 15 is 0 Å². The third kappa shape index (κ3) is 7.57. The summed E-state index contributed by atoms with van der Waals surface area (Å²) in [5.41, 5.74) is 0.885. The van der Waals surface area contributed by atoms with Gasteiger partial charge in [-0.05, 0) is 30.8 Å². The van der Waals surface area contributed by atoms with Crippen LogP contribution < -0.4 is 10.6 Å². The molecule has 0 radical (unpaired) electrons. The molecular weight excluding hydrogens is 256 g/mol. The topological polar surface area (TPSA) is 41.1 Å². The molecule has 0 heterocycles. The zero-order chi connectivity index (χ0) is 13.9. The second-order valence-corrected chi connectivity index (χ2v) is 4.94. The van der Waals surface area contributed by atoms with E-state index in [1.807, 2.05) is 30.3 Å². The third-order valence-electron chi connectivity index (χ3n) is 2.79. The van der Waals surface area contributed by atoms with E-state index in [2.05, 4.69) is 17.6 Å². The van der Waals surface area contributed by atoms with Crippen molar-refractivity contribution in [2.75, 3.05) is 5.32 Å². The molecule has 0 saturated heterocycles. The number of nitrogens with one attached hydrogen (secondary N) is 2. The van der Waals surface area contributed by atoms with Gasteiger partial charge >= 0.3 is 0 Å². The number of hydrogen-bond acceptors (Lipinski definition) is 2. The summed E-state index contributed by atoms with van der Waals surface area (Å²) >= 11 is 5.09. The van der Waals surface area contributed by atoms with Crippen LogP contribution in [0.3, 0.4) is 0 Å². The first-order valence-corrected chi connectivity index (χ1v) is 7.29. The third-order valence-corrected chi connectivity index (χ3v) is 3.00. The lowest BCUT2D eigenvalue weighted by Crippen LogP contribution is -2.33. The zero-order valence-corrected chi connectivity index (χ0v) is 12.3. The van der Waals surface area contributed by atoms with E-state index in [9.17, 15) is 4.79 Å². The molecule has 4 heteroatoms. The van der Waals surface area contributed by atoms with Crippen LogP contribution in [0.5, 0.6) is 0 Å². The molecule has 1 amide bonds. The molecule has 104 valence electrons. The number of thiocarbonyl (C=S) groups is 1. The van der Waals surface area contributed by atoms with Gasteiger partial charge in [0.15, 0.2) is 5.11 Å². The summed E-state index contributed by atoms with van der Waals surface area (Å²) in [6.45, 7) is 2.18. The quantitative estimate of drug-likeness (QED) is 0.588. The Balaban J connectivity index is 2.16. The lowest BCUT2D eigenvalue weighted by molar-refractivity contribution is -0.119.